The van der Waals surface area contributed by atoms with Gasteiger partial charge in [0.2, 0.25) is 0 Å². The zero-order valence-corrected chi connectivity index (χ0v) is 60.4. The molecule has 0 radical (unpaired) electrons. The number of nitrogens with zero attached hydrogens (tertiary/aromatic N) is 11. The molecule has 0 amide bonds. The van der Waals surface area contributed by atoms with Gasteiger partial charge in [-0.2, -0.15) is 0 Å². The molecule has 0 bridgehead atoms. The van der Waals surface area contributed by atoms with Gasteiger partial charge in [-0.3, -0.25) is 29.1 Å². The van der Waals surface area contributed by atoms with E-state index in [0.29, 0.717) is 0 Å². The largest absolute Gasteiger partial charge is 0.309 e. The molecule has 11 nitrogen and oxygen atoms in total. The Bertz CT molecular complexity index is 6770. The molecule has 0 spiro atoms. The SMILES string of the molecule is c1ccc(-n2c3ccccc3c3cc(-c4cnc5c(c4)c4ccccc4n5-c4ccc(-c5cc(-c6ccccn6)cc(-c6ccccn6)c5)cc4)ccc32)cc1.c1ccc(-n2c3ccccc3c3cc(-c4cnc5c(c4)c4ccccc4n5-c4ccc(-c5cc(-c6ccccn6)nc(-c6ccccn6)c5)cc4)ccc32)cc1. The van der Waals surface area contributed by atoms with Crippen LogP contribution in [-0.2, 0) is 0 Å². The average Bonchev–Trinajstić information content (AvgIpc) is 1.59. The molecule has 11 aromatic heterocycles. The third kappa shape index (κ3) is 11.5. The highest BCUT2D eigenvalue weighted by molar-refractivity contribution is 6.14. The van der Waals surface area contributed by atoms with Crippen LogP contribution in [0.2, 0.25) is 0 Å². The maximum atomic E-state index is 5.18. The molecule has 0 fully saturated rings. The van der Waals surface area contributed by atoms with E-state index in [0.717, 1.165) is 151 Å². The normalized spacial score (nSPS) is 11.6. The van der Waals surface area contributed by atoms with Crippen LogP contribution in [0.1, 0.15) is 0 Å². The van der Waals surface area contributed by atoms with Crippen molar-refractivity contribution in [3.05, 3.63) is 395 Å². The molecule has 0 aliphatic rings. The fourth-order valence-electron chi connectivity index (χ4n) is 16.3. The predicted octanol–water partition coefficient (Wildman–Crippen LogP) is 24.9. The Balaban J connectivity index is 0.000000141. The second kappa shape index (κ2) is 27.5. The van der Waals surface area contributed by atoms with E-state index < -0.39 is 0 Å². The van der Waals surface area contributed by atoms with Crippen LogP contribution in [0.3, 0.4) is 0 Å². The number of pyridine rings is 7. The van der Waals surface area contributed by atoms with Crippen LogP contribution in [0.4, 0.5) is 0 Å². The maximum absolute atomic E-state index is 5.18. The number of hydrogen-bond acceptors (Lipinski definition) is 7. The Hall–Kier alpha value is -15.3. The summed E-state index contributed by atoms with van der Waals surface area (Å²) in [5.74, 6) is 0. The topological polar surface area (TPSA) is 110 Å². The van der Waals surface area contributed by atoms with Gasteiger partial charge in [0.1, 0.15) is 11.3 Å². The molecule has 0 saturated heterocycles. The predicted molar refractivity (Wildman–Crippen MR) is 458 cm³/mol. The molecule has 11 heteroatoms. The molecule has 0 aliphatic heterocycles. The van der Waals surface area contributed by atoms with Crippen LogP contribution in [0.5, 0.6) is 0 Å². The molecule has 11 aromatic carbocycles. The first kappa shape index (κ1) is 65.0. The van der Waals surface area contributed by atoms with Crippen LogP contribution in [0.15, 0.2) is 395 Å². The molecule has 524 valence electrons. The number of aromatic nitrogens is 11. The molecular weight excluding hydrogens is 1370 g/mol. The van der Waals surface area contributed by atoms with Crippen molar-refractivity contribution in [3.8, 4) is 113 Å². The molecule has 0 N–H and O–H groups in total. The van der Waals surface area contributed by atoms with Gasteiger partial charge in [-0.1, -0.05) is 170 Å². The molecule has 0 atom stereocenters. The van der Waals surface area contributed by atoms with Crippen molar-refractivity contribution in [2.24, 2.45) is 0 Å². The first-order valence-electron chi connectivity index (χ1n) is 37.5. The Labute approximate surface area is 644 Å². The quantitative estimate of drug-likeness (QED) is 0.120. The van der Waals surface area contributed by atoms with E-state index in [1.807, 2.05) is 97.6 Å². The summed E-state index contributed by atoms with van der Waals surface area (Å²) in [6, 6.07) is 126. The van der Waals surface area contributed by atoms with Crippen molar-refractivity contribution in [1.82, 2.24) is 53.2 Å². The van der Waals surface area contributed by atoms with E-state index in [1.54, 1.807) is 12.4 Å². The standard InChI is InChI=1S/C51H33N5.C50H32N6/c1-2-12-40(13-3-1)55-48-18-6-4-14-42(48)44-31-35(22-25-50(44)55)39-32-45-43-15-5-7-19-49(43)56(51(45)54-33-39)41-23-20-34(21-24-41)36-28-37(46-16-8-10-26-52-46)30-38(29-36)47-17-9-11-27-53-47;1-2-12-37(13-3-1)55-47-18-6-4-14-39(47)41-28-34(22-25-49(41)55)36-29-42-40-15-5-7-19-48(40)56(50(42)53-32-36)38-23-20-33(21-24-38)35-30-45(43-16-8-10-26-51-43)54-46(31-35)44-17-9-11-27-52-44/h1-33H;1-32H. The van der Waals surface area contributed by atoms with E-state index in [4.69, 9.17) is 15.0 Å². The van der Waals surface area contributed by atoms with Crippen molar-refractivity contribution in [1.29, 1.82) is 0 Å². The van der Waals surface area contributed by atoms with Gasteiger partial charge < -0.3 is 9.13 Å². The summed E-state index contributed by atoms with van der Waals surface area (Å²) < 4.78 is 9.24. The number of para-hydroxylation sites is 6. The minimum absolute atomic E-state index is 0.802. The summed E-state index contributed by atoms with van der Waals surface area (Å²) in [5, 5.41) is 9.48. The second-order valence-corrected chi connectivity index (χ2v) is 28.1. The first-order chi connectivity index (χ1) is 55.5. The summed E-state index contributed by atoms with van der Waals surface area (Å²) in [6.45, 7) is 0. The van der Waals surface area contributed by atoms with Gasteiger partial charge in [0.15, 0.2) is 0 Å². The average molecular weight is 1430 g/mol. The summed E-state index contributed by atoms with van der Waals surface area (Å²) in [6.07, 6.45) is 11.3. The van der Waals surface area contributed by atoms with Crippen LogP contribution in [0, 0.1) is 0 Å². The van der Waals surface area contributed by atoms with E-state index in [-0.39, 0.29) is 0 Å². The monoisotopic (exact) mass is 1430 g/mol. The fraction of sp³-hybridized carbons (Fsp3) is 0. The van der Waals surface area contributed by atoms with Crippen LogP contribution < -0.4 is 0 Å². The highest BCUT2D eigenvalue weighted by Crippen LogP contribution is 2.42. The van der Waals surface area contributed by atoms with Gasteiger partial charge in [-0.05, 0) is 221 Å². The molecular formula is C101H65N11. The number of benzene rings is 11. The summed E-state index contributed by atoms with van der Waals surface area (Å²) in [7, 11) is 0. The molecule has 11 heterocycles. The van der Waals surface area contributed by atoms with Crippen molar-refractivity contribution in [3.63, 3.8) is 0 Å². The summed E-state index contributed by atoms with van der Waals surface area (Å²) in [5.41, 5.74) is 29.2. The molecule has 22 aromatic rings. The lowest BCUT2D eigenvalue weighted by Crippen LogP contribution is -1.96. The number of fused-ring (bicyclic) bond motifs is 12. The minimum atomic E-state index is 0.802. The lowest BCUT2D eigenvalue weighted by atomic mass is 9.96. The third-order valence-corrected chi connectivity index (χ3v) is 21.5. The van der Waals surface area contributed by atoms with Gasteiger partial charge in [0.05, 0.1) is 67.3 Å². The summed E-state index contributed by atoms with van der Waals surface area (Å²) in [4.78, 5) is 33.8. The Morgan fingerprint density at radius 1 is 0.161 bits per heavy atom. The van der Waals surface area contributed by atoms with Crippen LogP contribution in [0.25, 0.3) is 200 Å². The van der Waals surface area contributed by atoms with Crippen molar-refractivity contribution < 1.29 is 0 Å². The molecule has 22 rings (SSSR count). The third-order valence-electron chi connectivity index (χ3n) is 21.5. The lowest BCUT2D eigenvalue weighted by Gasteiger charge is -2.12. The van der Waals surface area contributed by atoms with Gasteiger partial charge in [-0.15, -0.1) is 0 Å². The highest BCUT2D eigenvalue weighted by Gasteiger charge is 2.22. The van der Waals surface area contributed by atoms with Gasteiger partial charge in [0.25, 0.3) is 0 Å². The molecule has 0 unspecified atom stereocenters. The molecule has 0 aliphatic carbocycles. The van der Waals surface area contributed by atoms with E-state index in [9.17, 15) is 0 Å². The first-order valence-corrected chi connectivity index (χ1v) is 37.5. The van der Waals surface area contributed by atoms with Crippen molar-refractivity contribution >= 4 is 87.5 Å². The molecule has 112 heavy (non-hydrogen) atoms. The fourth-order valence-corrected chi connectivity index (χ4v) is 16.3. The highest BCUT2D eigenvalue weighted by atomic mass is 15.1. The number of rotatable bonds is 12. The zero-order chi connectivity index (χ0) is 74.0. The second-order valence-electron chi connectivity index (χ2n) is 28.1. The zero-order valence-electron chi connectivity index (χ0n) is 60.4. The van der Waals surface area contributed by atoms with Crippen molar-refractivity contribution in [2.45, 2.75) is 0 Å². The number of hydrogen-bond donors (Lipinski definition) is 0. The Kier molecular flexibility index (Phi) is 15.9. The van der Waals surface area contributed by atoms with Gasteiger partial charge in [0, 0.05) is 125 Å². The van der Waals surface area contributed by atoms with Crippen molar-refractivity contribution in [2.75, 3.05) is 0 Å². The van der Waals surface area contributed by atoms with Gasteiger partial charge in [-0.25, -0.2) is 15.0 Å². The van der Waals surface area contributed by atoms with E-state index in [2.05, 4.69) is 323 Å². The Morgan fingerprint density at radius 3 is 0.857 bits per heavy atom. The van der Waals surface area contributed by atoms with E-state index >= 15 is 0 Å². The maximum Gasteiger partial charge on any atom is 0.145 e. The van der Waals surface area contributed by atoms with E-state index in [1.165, 1.54) is 49.0 Å². The summed E-state index contributed by atoms with van der Waals surface area (Å²) >= 11 is 0. The van der Waals surface area contributed by atoms with Crippen LogP contribution >= 0.6 is 0 Å². The van der Waals surface area contributed by atoms with Crippen LogP contribution in [-0.4, -0.2) is 53.2 Å². The minimum Gasteiger partial charge on any atom is -0.309 e. The Morgan fingerprint density at radius 2 is 0.464 bits per heavy atom. The smallest absolute Gasteiger partial charge is 0.145 e. The van der Waals surface area contributed by atoms with Gasteiger partial charge >= 0.3 is 0 Å². The molecule has 0 saturated carbocycles. The lowest BCUT2D eigenvalue weighted by molar-refractivity contribution is 1.14.